The number of H-pyrrole nitrogens is 1. The van der Waals surface area contributed by atoms with Gasteiger partial charge in [-0.2, -0.15) is 0 Å². The Morgan fingerprint density at radius 2 is 2.07 bits per heavy atom. The number of amides is 1. The fourth-order valence-electron chi connectivity index (χ4n) is 3.56. The fourth-order valence-corrected chi connectivity index (χ4v) is 3.56. The Kier molecular flexibility index (Phi) is 5.41. The average Bonchev–Trinajstić information content (AvgIpc) is 2.75. The van der Waals surface area contributed by atoms with Gasteiger partial charge in [-0.25, -0.2) is 14.4 Å². The second-order valence-electron chi connectivity index (χ2n) is 7.09. The molecule has 3 aromatic rings. The second-order valence-corrected chi connectivity index (χ2v) is 7.09. The van der Waals surface area contributed by atoms with Gasteiger partial charge in [0.1, 0.15) is 11.5 Å². The highest BCUT2D eigenvalue weighted by Crippen LogP contribution is 2.26. The summed E-state index contributed by atoms with van der Waals surface area (Å²) < 4.78 is 13.1. The first kappa shape index (κ1) is 18.9. The van der Waals surface area contributed by atoms with Gasteiger partial charge in [0, 0.05) is 37.5 Å². The standard InChI is InChI=1S/C21H20FN5O2/c22-16-5-3-14(4-6-16)10-20(29)27-9-1-2-15(13-27)17-11-19(28)26-21(25-17)18-12-23-7-8-24-18/h3-8,11-12,15H,1-2,9-10,13H2,(H,25,26,28). The van der Waals surface area contributed by atoms with Crippen molar-refractivity contribution in [1.82, 2.24) is 24.8 Å². The molecule has 1 N–H and O–H groups in total. The molecule has 0 saturated carbocycles. The number of piperidine rings is 1. The molecule has 29 heavy (non-hydrogen) atoms. The van der Waals surface area contributed by atoms with E-state index >= 15 is 0 Å². The van der Waals surface area contributed by atoms with Crippen LogP contribution in [0.5, 0.6) is 0 Å². The molecule has 1 saturated heterocycles. The number of benzene rings is 1. The van der Waals surface area contributed by atoms with Crippen LogP contribution in [-0.4, -0.2) is 43.8 Å². The molecular formula is C21H20FN5O2. The van der Waals surface area contributed by atoms with Crippen molar-refractivity contribution >= 4 is 5.91 Å². The molecule has 1 aliphatic rings. The van der Waals surface area contributed by atoms with Crippen molar-refractivity contribution in [2.24, 2.45) is 0 Å². The zero-order valence-corrected chi connectivity index (χ0v) is 15.7. The van der Waals surface area contributed by atoms with Crippen LogP contribution in [0.1, 0.15) is 30.0 Å². The third-order valence-electron chi connectivity index (χ3n) is 5.03. The van der Waals surface area contributed by atoms with Crippen LogP contribution < -0.4 is 5.56 Å². The summed E-state index contributed by atoms with van der Waals surface area (Å²) in [6, 6.07) is 7.45. The van der Waals surface area contributed by atoms with E-state index in [-0.39, 0.29) is 29.6 Å². The molecule has 0 bridgehead atoms. The highest BCUT2D eigenvalue weighted by molar-refractivity contribution is 5.79. The molecule has 2 aromatic heterocycles. The first-order chi connectivity index (χ1) is 14.1. The van der Waals surface area contributed by atoms with Crippen LogP contribution in [0.25, 0.3) is 11.5 Å². The second kappa shape index (κ2) is 8.30. The number of nitrogens with one attached hydrogen (secondary N) is 1. The van der Waals surface area contributed by atoms with Crippen molar-refractivity contribution in [1.29, 1.82) is 0 Å². The maximum Gasteiger partial charge on any atom is 0.251 e. The number of aromatic amines is 1. The summed E-state index contributed by atoms with van der Waals surface area (Å²) in [5.41, 5.74) is 1.66. The van der Waals surface area contributed by atoms with Crippen molar-refractivity contribution in [2.75, 3.05) is 13.1 Å². The van der Waals surface area contributed by atoms with Gasteiger partial charge in [0.25, 0.3) is 5.56 Å². The average molecular weight is 393 g/mol. The number of hydrogen-bond acceptors (Lipinski definition) is 5. The van der Waals surface area contributed by atoms with E-state index in [1.807, 2.05) is 0 Å². The smallest absolute Gasteiger partial charge is 0.251 e. The minimum Gasteiger partial charge on any atom is -0.342 e. The van der Waals surface area contributed by atoms with E-state index in [0.29, 0.717) is 30.3 Å². The van der Waals surface area contributed by atoms with Gasteiger partial charge in [-0.1, -0.05) is 12.1 Å². The lowest BCUT2D eigenvalue weighted by Crippen LogP contribution is -2.40. The molecule has 8 heteroatoms. The van der Waals surface area contributed by atoms with Crippen LogP contribution in [0.2, 0.25) is 0 Å². The van der Waals surface area contributed by atoms with Gasteiger partial charge >= 0.3 is 0 Å². The first-order valence-electron chi connectivity index (χ1n) is 9.48. The number of carbonyl (C=O) groups excluding carboxylic acids is 1. The van der Waals surface area contributed by atoms with E-state index in [0.717, 1.165) is 18.4 Å². The topological polar surface area (TPSA) is 91.8 Å². The molecule has 1 aliphatic heterocycles. The minimum atomic E-state index is -0.321. The van der Waals surface area contributed by atoms with Gasteiger partial charge in [-0.15, -0.1) is 0 Å². The first-order valence-corrected chi connectivity index (χ1v) is 9.48. The number of carbonyl (C=O) groups is 1. The zero-order chi connectivity index (χ0) is 20.2. The lowest BCUT2D eigenvalue weighted by atomic mass is 9.94. The Labute approximate surface area is 166 Å². The molecule has 148 valence electrons. The Balaban J connectivity index is 1.51. The van der Waals surface area contributed by atoms with Gasteiger partial charge < -0.3 is 9.88 Å². The largest absolute Gasteiger partial charge is 0.342 e. The molecule has 0 aliphatic carbocycles. The lowest BCUT2D eigenvalue weighted by molar-refractivity contribution is -0.131. The molecule has 1 fully saturated rings. The molecule has 1 amide bonds. The predicted octanol–water partition coefficient (Wildman–Crippen LogP) is 2.31. The lowest BCUT2D eigenvalue weighted by Gasteiger charge is -2.32. The number of rotatable bonds is 4. The molecule has 3 heterocycles. The third-order valence-corrected chi connectivity index (χ3v) is 5.03. The van der Waals surface area contributed by atoms with Gasteiger partial charge in [0.05, 0.1) is 18.3 Å². The van der Waals surface area contributed by atoms with Gasteiger partial charge in [-0.05, 0) is 30.5 Å². The molecule has 0 radical (unpaired) electrons. The summed E-state index contributed by atoms with van der Waals surface area (Å²) in [6.45, 7) is 1.16. The molecule has 0 spiro atoms. The van der Waals surface area contributed by atoms with Crippen molar-refractivity contribution < 1.29 is 9.18 Å². The van der Waals surface area contributed by atoms with Gasteiger partial charge in [0.15, 0.2) is 5.82 Å². The summed E-state index contributed by atoms with van der Waals surface area (Å²) in [5, 5.41) is 0. The van der Waals surface area contributed by atoms with Crippen LogP contribution in [0.15, 0.2) is 53.7 Å². The summed E-state index contributed by atoms with van der Waals surface area (Å²) >= 11 is 0. The Morgan fingerprint density at radius 1 is 1.24 bits per heavy atom. The van der Waals surface area contributed by atoms with E-state index in [9.17, 15) is 14.0 Å². The normalized spacial score (nSPS) is 16.6. The van der Waals surface area contributed by atoms with E-state index in [2.05, 4.69) is 19.9 Å². The van der Waals surface area contributed by atoms with Crippen LogP contribution in [0.3, 0.4) is 0 Å². The highest BCUT2D eigenvalue weighted by Gasteiger charge is 2.26. The third kappa shape index (κ3) is 4.53. The van der Waals surface area contributed by atoms with Crippen molar-refractivity contribution in [3.05, 3.63) is 76.4 Å². The fraction of sp³-hybridized carbons (Fsp3) is 0.286. The van der Waals surface area contributed by atoms with Crippen LogP contribution in [0.4, 0.5) is 4.39 Å². The zero-order valence-electron chi connectivity index (χ0n) is 15.7. The minimum absolute atomic E-state index is 0.0136. The number of likely N-dealkylation sites (tertiary alicyclic amines) is 1. The maximum atomic E-state index is 13.1. The molecule has 1 atom stereocenters. The maximum absolute atomic E-state index is 13.1. The van der Waals surface area contributed by atoms with E-state index < -0.39 is 0 Å². The van der Waals surface area contributed by atoms with E-state index in [4.69, 9.17) is 0 Å². The quantitative estimate of drug-likeness (QED) is 0.734. The Morgan fingerprint density at radius 3 is 2.83 bits per heavy atom. The monoisotopic (exact) mass is 393 g/mol. The van der Waals surface area contributed by atoms with Crippen molar-refractivity contribution in [3.63, 3.8) is 0 Å². The van der Waals surface area contributed by atoms with Crippen LogP contribution >= 0.6 is 0 Å². The summed E-state index contributed by atoms with van der Waals surface area (Å²) in [5.74, 6) is 0.00724. The highest BCUT2D eigenvalue weighted by atomic mass is 19.1. The predicted molar refractivity (Wildman–Crippen MR) is 105 cm³/mol. The van der Waals surface area contributed by atoms with Crippen LogP contribution in [0, 0.1) is 5.82 Å². The van der Waals surface area contributed by atoms with Crippen LogP contribution in [-0.2, 0) is 11.2 Å². The van der Waals surface area contributed by atoms with Gasteiger partial charge in [-0.3, -0.25) is 14.6 Å². The number of aromatic nitrogens is 4. The van der Waals surface area contributed by atoms with Crippen molar-refractivity contribution in [2.45, 2.75) is 25.2 Å². The van der Waals surface area contributed by atoms with E-state index in [1.165, 1.54) is 18.2 Å². The molecule has 7 nitrogen and oxygen atoms in total. The SMILES string of the molecule is O=C(Cc1ccc(F)cc1)N1CCCC(c2cc(=O)[nH]c(-c3cnccn3)n2)C1. The van der Waals surface area contributed by atoms with Crippen molar-refractivity contribution in [3.8, 4) is 11.5 Å². The number of halogens is 1. The Hall–Kier alpha value is -3.42. The van der Waals surface area contributed by atoms with E-state index in [1.54, 1.807) is 35.6 Å². The van der Waals surface area contributed by atoms with Gasteiger partial charge in [0.2, 0.25) is 5.91 Å². The molecule has 1 aromatic carbocycles. The number of hydrogen-bond donors (Lipinski definition) is 1. The number of nitrogens with zero attached hydrogens (tertiary/aromatic N) is 4. The molecular weight excluding hydrogens is 373 g/mol. The Bertz CT molecular complexity index is 1050. The summed E-state index contributed by atoms with van der Waals surface area (Å²) in [7, 11) is 0. The molecule has 1 unspecified atom stereocenters. The summed E-state index contributed by atoms with van der Waals surface area (Å²) in [4.78, 5) is 42.1. The summed E-state index contributed by atoms with van der Waals surface area (Å²) in [6.07, 6.45) is 6.53. The molecule has 4 rings (SSSR count).